The Morgan fingerprint density at radius 3 is 2.33 bits per heavy atom. The Hall–Kier alpha value is -1.97. The molecule has 106 valence electrons. The second kappa shape index (κ2) is 5.43. The molecule has 0 bridgehead atoms. The number of halogens is 2. The molecule has 3 nitrogen and oxygen atoms in total. The Morgan fingerprint density at radius 1 is 1.00 bits per heavy atom. The summed E-state index contributed by atoms with van der Waals surface area (Å²) in [6.45, 7) is 2.00. The maximum atomic E-state index is 6.03. The lowest BCUT2D eigenvalue weighted by molar-refractivity contribution is 1.10. The lowest BCUT2D eigenvalue weighted by Crippen LogP contribution is -1.90. The minimum absolute atomic E-state index is 0.460. The Balaban J connectivity index is 2.19. The largest absolute Gasteiger partial charge is 0.382 e. The third-order valence-electron chi connectivity index (χ3n) is 3.38. The van der Waals surface area contributed by atoms with Gasteiger partial charge in [-0.1, -0.05) is 41.4 Å². The van der Waals surface area contributed by atoms with E-state index in [4.69, 9.17) is 28.9 Å². The number of nitrogen functional groups attached to an aromatic ring is 1. The van der Waals surface area contributed by atoms with Gasteiger partial charge < -0.3 is 5.73 Å². The van der Waals surface area contributed by atoms with Gasteiger partial charge in [0, 0.05) is 15.6 Å². The SMILES string of the molecule is Cc1cc(Cl)ccc1-c1[nH]nc(N)c1-c1ccc(Cl)cc1. The summed E-state index contributed by atoms with van der Waals surface area (Å²) >= 11 is 12.0. The van der Waals surface area contributed by atoms with Gasteiger partial charge in [-0.2, -0.15) is 5.10 Å². The molecular formula is C16H13Cl2N3. The highest BCUT2D eigenvalue weighted by Crippen LogP contribution is 2.36. The van der Waals surface area contributed by atoms with Crippen molar-refractivity contribution in [3.63, 3.8) is 0 Å². The first-order chi connectivity index (χ1) is 10.1. The molecule has 0 unspecified atom stereocenters. The van der Waals surface area contributed by atoms with Crippen molar-refractivity contribution in [3.8, 4) is 22.4 Å². The highest BCUT2D eigenvalue weighted by atomic mass is 35.5. The standard InChI is InChI=1S/C16H13Cl2N3/c1-9-8-12(18)6-7-13(9)15-14(16(19)21-20-15)10-2-4-11(17)5-3-10/h2-8H,1H3,(H3,19,20,21). The zero-order chi connectivity index (χ0) is 15.0. The number of aromatic nitrogens is 2. The quantitative estimate of drug-likeness (QED) is 0.703. The number of hydrogen-bond donors (Lipinski definition) is 2. The molecular weight excluding hydrogens is 305 g/mol. The highest BCUT2D eigenvalue weighted by Gasteiger charge is 2.16. The predicted octanol–water partition coefficient (Wildman–Crippen LogP) is 4.94. The molecule has 0 radical (unpaired) electrons. The van der Waals surface area contributed by atoms with Crippen LogP contribution in [0.1, 0.15) is 5.56 Å². The van der Waals surface area contributed by atoms with Crippen LogP contribution in [0.5, 0.6) is 0 Å². The minimum Gasteiger partial charge on any atom is -0.382 e. The molecule has 0 atom stereocenters. The maximum Gasteiger partial charge on any atom is 0.153 e. The highest BCUT2D eigenvalue weighted by molar-refractivity contribution is 6.31. The Bertz CT molecular complexity index is 792. The molecule has 0 aliphatic carbocycles. The number of nitrogens with zero attached hydrogens (tertiary/aromatic N) is 1. The molecule has 0 saturated heterocycles. The number of H-pyrrole nitrogens is 1. The van der Waals surface area contributed by atoms with Crippen molar-refractivity contribution in [3.05, 3.63) is 58.1 Å². The molecule has 21 heavy (non-hydrogen) atoms. The van der Waals surface area contributed by atoms with E-state index in [1.807, 2.05) is 49.4 Å². The molecule has 3 rings (SSSR count). The van der Waals surface area contributed by atoms with E-state index in [1.165, 1.54) is 0 Å². The van der Waals surface area contributed by atoms with Crippen LogP contribution in [0.3, 0.4) is 0 Å². The number of anilines is 1. The van der Waals surface area contributed by atoms with Crippen molar-refractivity contribution in [2.75, 3.05) is 5.73 Å². The van der Waals surface area contributed by atoms with Crippen molar-refractivity contribution in [1.82, 2.24) is 10.2 Å². The van der Waals surface area contributed by atoms with Crippen molar-refractivity contribution in [2.45, 2.75) is 6.92 Å². The monoisotopic (exact) mass is 317 g/mol. The second-order valence-corrected chi connectivity index (χ2v) is 5.70. The number of aryl methyl sites for hydroxylation is 1. The Kier molecular flexibility index (Phi) is 3.62. The number of hydrogen-bond acceptors (Lipinski definition) is 2. The molecule has 0 aliphatic rings. The first-order valence-electron chi connectivity index (χ1n) is 6.42. The lowest BCUT2D eigenvalue weighted by Gasteiger charge is -2.08. The molecule has 3 N–H and O–H groups in total. The molecule has 0 fully saturated rings. The van der Waals surface area contributed by atoms with Crippen LogP contribution in [0.4, 0.5) is 5.82 Å². The fourth-order valence-electron chi connectivity index (χ4n) is 2.37. The smallest absolute Gasteiger partial charge is 0.153 e. The molecule has 1 heterocycles. The summed E-state index contributed by atoms with van der Waals surface area (Å²) in [6, 6.07) is 13.3. The molecule has 5 heteroatoms. The molecule has 3 aromatic rings. The van der Waals surface area contributed by atoms with Gasteiger partial charge >= 0.3 is 0 Å². The zero-order valence-electron chi connectivity index (χ0n) is 11.3. The van der Waals surface area contributed by atoms with Crippen LogP contribution in [-0.4, -0.2) is 10.2 Å². The summed E-state index contributed by atoms with van der Waals surface area (Å²) in [5, 5.41) is 8.55. The van der Waals surface area contributed by atoms with Crippen molar-refractivity contribution >= 4 is 29.0 Å². The van der Waals surface area contributed by atoms with Crippen LogP contribution in [0.2, 0.25) is 10.0 Å². The third-order valence-corrected chi connectivity index (χ3v) is 3.87. The van der Waals surface area contributed by atoms with Gasteiger partial charge in [0.05, 0.1) is 11.3 Å². The van der Waals surface area contributed by atoms with E-state index in [-0.39, 0.29) is 0 Å². The summed E-state index contributed by atoms with van der Waals surface area (Å²) in [6.07, 6.45) is 0. The predicted molar refractivity (Wildman–Crippen MR) is 88.6 cm³/mol. The maximum absolute atomic E-state index is 6.03. The van der Waals surface area contributed by atoms with Gasteiger partial charge in [0.1, 0.15) is 0 Å². The fraction of sp³-hybridized carbons (Fsp3) is 0.0625. The zero-order valence-corrected chi connectivity index (χ0v) is 12.8. The first-order valence-corrected chi connectivity index (χ1v) is 7.18. The average molecular weight is 318 g/mol. The van der Waals surface area contributed by atoms with Crippen LogP contribution in [0.25, 0.3) is 22.4 Å². The van der Waals surface area contributed by atoms with Crippen LogP contribution in [0, 0.1) is 6.92 Å². The number of rotatable bonds is 2. The van der Waals surface area contributed by atoms with Crippen molar-refractivity contribution in [1.29, 1.82) is 0 Å². The van der Waals surface area contributed by atoms with Gasteiger partial charge in [-0.25, -0.2) is 0 Å². The van der Waals surface area contributed by atoms with Gasteiger partial charge in [0.2, 0.25) is 0 Å². The van der Waals surface area contributed by atoms with E-state index in [1.54, 1.807) is 0 Å². The average Bonchev–Trinajstić information content (AvgIpc) is 2.82. The molecule has 2 aromatic carbocycles. The van der Waals surface area contributed by atoms with Crippen LogP contribution >= 0.6 is 23.2 Å². The van der Waals surface area contributed by atoms with Gasteiger partial charge in [0.15, 0.2) is 5.82 Å². The topological polar surface area (TPSA) is 54.7 Å². The lowest BCUT2D eigenvalue weighted by atomic mass is 9.98. The van der Waals surface area contributed by atoms with Crippen molar-refractivity contribution in [2.24, 2.45) is 0 Å². The summed E-state index contributed by atoms with van der Waals surface area (Å²) in [7, 11) is 0. The fourth-order valence-corrected chi connectivity index (χ4v) is 2.72. The summed E-state index contributed by atoms with van der Waals surface area (Å²) in [4.78, 5) is 0. The molecule has 0 saturated carbocycles. The third kappa shape index (κ3) is 2.62. The van der Waals surface area contributed by atoms with E-state index < -0.39 is 0 Å². The van der Waals surface area contributed by atoms with Crippen molar-refractivity contribution < 1.29 is 0 Å². The second-order valence-electron chi connectivity index (χ2n) is 4.82. The van der Waals surface area contributed by atoms with Crippen LogP contribution in [-0.2, 0) is 0 Å². The first kappa shape index (κ1) is 14.0. The summed E-state index contributed by atoms with van der Waals surface area (Å²) in [5.74, 6) is 0.460. The van der Waals surface area contributed by atoms with Gasteiger partial charge in [-0.15, -0.1) is 0 Å². The number of benzene rings is 2. The molecule has 1 aromatic heterocycles. The number of nitrogens with one attached hydrogen (secondary N) is 1. The van der Waals surface area contributed by atoms with E-state index in [2.05, 4.69) is 10.2 Å². The Morgan fingerprint density at radius 2 is 1.67 bits per heavy atom. The van der Waals surface area contributed by atoms with Crippen LogP contribution in [0.15, 0.2) is 42.5 Å². The molecule has 0 amide bonds. The van der Waals surface area contributed by atoms with Gasteiger partial charge in [-0.3, -0.25) is 5.10 Å². The van der Waals surface area contributed by atoms with E-state index >= 15 is 0 Å². The Labute approximate surface area is 132 Å². The van der Waals surface area contributed by atoms with E-state index in [0.29, 0.717) is 15.9 Å². The van der Waals surface area contributed by atoms with Gasteiger partial charge in [0.25, 0.3) is 0 Å². The number of aromatic amines is 1. The van der Waals surface area contributed by atoms with Gasteiger partial charge in [-0.05, 0) is 42.3 Å². The summed E-state index contributed by atoms with van der Waals surface area (Å²) < 4.78 is 0. The normalized spacial score (nSPS) is 10.8. The molecule has 0 spiro atoms. The van der Waals surface area contributed by atoms with E-state index in [9.17, 15) is 0 Å². The van der Waals surface area contributed by atoms with Crippen LogP contribution < -0.4 is 5.73 Å². The summed E-state index contributed by atoms with van der Waals surface area (Å²) in [5.41, 5.74) is 10.8. The van der Waals surface area contributed by atoms with E-state index in [0.717, 1.165) is 27.9 Å². The number of nitrogens with two attached hydrogens (primary N) is 1. The minimum atomic E-state index is 0.460. The molecule has 0 aliphatic heterocycles.